The average Bonchev–Trinajstić information content (AvgIpc) is 3.53. The number of benzene rings is 2. The maximum atomic E-state index is 12.6. The maximum absolute atomic E-state index is 12.6. The zero-order chi connectivity index (χ0) is 23.4. The van der Waals surface area contributed by atoms with Crippen LogP contribution in [0, 0.1) is 5.92 Å². The number of hydrogen-bond donors (Lipinski definition) is 1. The normalized spacial score (nSPS) is 17.4. The van der Waals surface area contributed by atoms with Crippen LogP contribution in [0.2, 0.25) is 5.02 Å². The second kappa shape index (κ2) is 11.0. The topological polar surface area (TPSA) is 62.2 Å². The minimum atomic E-state index is -0.262. The first kappa shape index (κ1) is 24.2. The summed E-state index contributed by atoms with van der Waals surface area (Å²) in [6.45, 7) is 4.97. The van der Waals surface area contributed by atoms with Gasteiger partial charge in [-0.15, -0.1) is 0 Å². The minimum Gasteiger partial charge on any atom is -0.497 e. The molecule has 1 fully saturated rings. The summed E-state index contributed by atoms with van der Waals surface area (Å²) >= 11 is 7.80. The van der Waals surface area contributed by atoms with Gasteiger partial charge in [0.05, 0.1) is 26.0 Å². The van der Waals surface area contributed by atoms with Gasteiger partial charge in [-0.25, -0.2) is 0 Å². The molecule has 2 aliphatic rings. The standard InChI is InChI=1S/C25H31ClN2O4S/c1-17(30)28-22-8-6-19(26)14-24(22)33-25(28)21-15-20(31-2)7-9-23(21)32-13-3-10-27(11-12-29)16-18-4-5-18/h6-9,14-15,18,25,29H,3-5,10-13,16H2,1-2H3. The molecule has 0 saturated heterocycles. The molecule has 1 aliphatic heterocycles. The zero-order valence-electron chi connectivity index (χ0n) is 19.1. The van der Waals surface area contributed by atoms with E-state index < -0.39 is 0 Å². The van der Waals surface area contributed by atoms with Crippen molar-refractivity contribution >= 4 is 35.0 Å². The number of hydrogen-bond acceptors (Lipinski definition) is 6. The monoisotopic (exact) mass is 490 g/mol. The molecule has 2 aromatic rings. The molecule has 1 heterocycles. The molecule has 1 aliphatic carbocycles. The number of nitrogens with zero attached hydrogens (tertiary/aromatic N) is 2. The fourth-order valence-corrected chi connectivity index (χ4v) is 5.81. The second-order valence-electron chi connectivity index (χ2n) is 8.54. The highest BCUT2D eigenvalue weighted by Crippen LogP contribution is 2.54. The van der Waals surface area contributed by atoms with Crippen LogP contribution in [0.1, 0.15) is 37.1 Å². The number of rotatable bonds is 11. The summed E-state index contributed by atoms with van der Waals surface area (Å²) in [5.41, 5.74) is 1.75. The molecular formula is C25H31ClN2O4S. The van der Waals surface area contributed by atoms with E-state index in [9.17, 15) is 9.90 Å². The van der Waals surface area contributed by atoms with Gasteiger partial charge >= 0.3 is 0 Å². The number of halogens is 1. The highest BCUT2D eigenvalue weighted by Gasteiger charge is 2.36. The highest BCUT2D eigenvalue weighted by molar-refractivity contribution is 8.00. The van der Waals surface area contributed by atoms with E-state index in [4.69, 9.17) is 21.1 Å². The van der Waals surface area contributed by atoms with Crippen molar-refractivity contribution < 1.29 is 19.4 Å². The van der Waals surface area contributed by atoms with Crippen molar-refractivity contribution in [3.05, 3.63) is 47.0 Å². The molecule has 2 aromatic carbocycles. The molecular weight excluding hydrogens is 460 g/mol. The van der Waals surface area contributed by atoms with Gasteiger partial charge in [-0.1, -0.05) is 23.4 Å². The SMILES string of the molecule is COc1ccc(OCCCN(CCO)CC2CC2)c(C2Sc3cc(Cl)ccc3N2C(C)=O)c1. The number of methoxy groups -OCH3 is 1. The number of carbonyl (C=O) groups excluding carboxylic acids is 1. The van der Waals surface area contributed by atoms with Crippen LogP contribution in [0.4, 0.5) is 5.69 Å². The first-order chi connectivity index (χ1) is 16.0. The Morgan fingerprint density at radius 2 is 2.06 bits per heavy atom. The summed E-state index contributed by atoms with van der Waals surface area (Å²) in [5.74, 6) is 2.21. The lowest BCUT2D eigenvalue weighted by Crippen LogP contribution is -2.31. The van der Waals surface area contributed by atoms with Crippen molar-refractivity contribution in [1.29, 1.82) is 0 Å². The largest absolute Gasteiger partial charge is 0.497 e. The lowest BCUT2D eigenvalue weighted by atomic mass is 10.1. The van der Waals surface area contributed by atoms with E-state index in [1.807, 2.05) is 36.4 Å². The van der Waals surface area contributed by atoms with Crippen LogP contribution in [-0.4, -0.2) is 55.9 Å². The number of aliphatic hydroxyl groups is 1. The second-order valence-corrected chi connectivity index (χ2v) is 10.1. The van der Waals surface area contributed by atoms with E-state index in [0.29, 0.717) is 23.9 Å². The molecule has 8 heteroatoms. The van der Waals surface area contributed by atoms with Gasteiger partial charge in [-0.3, -0.25) is 9.69 Å². The van der Waals surface area contributed by atoms with Crippen LogP contribution >= 0.6 is 23.4 Å². The van der Waals surface area contributed by atoms with Gasteiger partial charge in [-0.2, -0.15) is 0 Å². The molecule has 0 bridgehead atoms. The van der Waals surface area contributed by atoms with Gasteiger partial charge in [0.25, 0.3) is 0 Å². The number of aliphatic hydroxyl groups excluding tert-OH is 1. The minimum absolute atomic E-state index is 0.0398. The van der Waals surface area contributed by atoms with Gasteiger partial charge in [0, 0.05) is 42.0 Å². The third kappa shape index (κ3) is 5.96. The number of carbonyl (C=O) groups is 1. The van der Waals surface area contributed by atoms with Gasteiger partial charge in [-0.05, 0) is 61.6 Å². The predicted molar refractivity (Wildman–Crippen MR) is 133 cm³/mol. The fraction of sp³-hybridized carbons (Fsp3) is 0.480. The number of amides is 1. The molecule has 1 amide bonds. The Morgan fingerprint density at radius 1 is 1.24 bits per heavy atom. The molecule has 4 rings (SSSR count). The molecule has 1 saturated carbocycles. The third-order valence-corrected chi connectivity index (χ3v) is 7.49. The van der Waals surface area contributed by atoms with Crippen molar-refractivity contribution in [2.45, 2.75) is 36.5 Å². The Hall–Kier alpha value is -1.93. The highest BCUT2D eigenvalue weighted by atomic mass is 35.5. The van der Waals surface area contributed by atoms with E-state index in [-0.39, 0.29) is 17.9 Å². The number of fused-ring (bicyclic) bond motifs is 1. The molecule has 1 atom stereocenters. The average molecular weight is 491 g/mol. The van der Waals surface area contributed by atoms with Gasteiger partial charge in [0.2, 0.25) is 5.91 Å². The summed E-state index contributed by atoms with van der Waals surface area (Å²) in [6, 6.07) is 11.3. The predicted octanol–water partition coefficient (Wildman–Crippen LogP) is 4.98. The summed E-state index contributed by atoms with van der Waals surface area (Å²) in [5, 5.41) is 9.73. The Morgan fingerprint density at radius 3 is 2.76 bits per heavy atom. The van der Waals surface area contributed by atoms with E-state index >= 15 is 0 Å². The molecule has 0 radical (unpaired) electrons. The van der Waals surface area contributed by atoms with E-state index in [0.717, 1.165) is 47.3 Å². The zero-order valence-corrected chi connectivity index (χ0v) is 20.7. The van der Waals surface area contributed by atoms with E-state index in [2.05, 4.69) is 4.90 Å². The molecule has 1 unspecified atom stereocenters. The van der Waals surface area contributed by atoms with Gasteiger partial charge in [0.1, 0.15) is 16.9 Å². The molecule has 1 N–H and O–H groups in total. The van der Waals surface area contributed by atoms with Gasteiger partial charge < -0.3 is 19.5 Å². The molecule has 6 nitrogen and oxygen atoms in total. The third-order valence-electron chi connectivity index (χ3n) is 5.98. The van der Waals surface area contributed by atoms with E-state index in [1.54, 1.807) is 30.7 Å². The smallest absolute Gasteiger partial charge is 0.225 e. The van der Waals surface area contributed by atoms with E-state index in [1.165, 1.54) is 12.8 Å². The van der Waals surface area contributed by atoms with Crippen LogP contribution in [0.3, 0.4) is 0 Å². The quantitative estimate of drug-likeness (QED) is 0.448. The Bertz CT molecular complexity index is 985. The Labute approximate surface area is 204 Å². The summed E-state index contributed by atoms with van der Waals surface area (Å²) < 4.78 is 11.7. The first-order valence-electron chi connectivity index (χ1n) is 11.4. The van der Waals surface area contributed by atoms with Crippen LogP contribution in [0.25, 0.3) is 0 Å². The molecule has 0 spiro atoms. The molecule has 0 aromatic heterocycles. The number of thioether (sulfide) groups is 1. The summed E-state index contributed by atoms with van der Waals surface area (Å²) in [4.78, 5) is 17.7. The molecule has 178 valence electrons. The van der Waals surface area contributed by atoms with Crippen molar-refractivity contribution in [2.24, 2.45) is 5.92 Å². The Balaban J connectivity index is 1.49. The lowest BCUT2D eigenvalue weighted by molar-refractivity contribution is -0.116. The van der Waals surface area contributed by atoms with Crippen molar-refractivity contribution in [2.75, 3.05) is 44.9 Å². The van der Waals surface area contributed by atoms with Crippen LogP contribution in [-0.2, 0) is 4.79 Å². The lowest BCUT2D eigenvalue weighted by Gasteiger charge is -2.26. The summed E-state index contributed by atoms with van der Waals surface area (Å²) in [7, 11) is 1.63. The Kier molecular flexibility index (Phi) is 8.07. The van der Waals surface area contributed by atoms with Crippen LogP contribution < -0.4 is 14.4 Å². The van der Waals surface area contributed by atoms with Gasteiger partial charge in [0.15, 0.2) is 0 Å². The van der Waals surface area contributed by atoms with Crippen molar-refractivity contribution in [3.8, 4) is 11.5 Å². The van der Waals surface area contributed by atoms with Crippen LogP contribution in [0.15, 0.2) is 41.3 Å². The maximum Gasteiger partial charge on any atom is 0.225 e. The number of ether oxygens (including phenoxy) is 2. The van der Waals surface area contributed by atoms with Crippen molar-refractivity contribution in [3.63, 3.8) is 0 Å². The fourth-order valence-electron chi connectivity index (χ4n) is 4.17. The van der Waals surface area contributed by atoms with Crippen LogP contribution in [0.5, 0.6) is 11.5 Å². The summed E-state index contributed by atoms with van der Waals surface area (Å²) in [6.07, 6.45) is 3.46. The molecule has 33 heavy (non-hydrogen) atoms. The van der Waals surface area contributed by atoms with Crippen molar-refractivity contribution in [1.82, 2.24) is 4.90 Å². The first-order valence-corrected chi connectivity index (χ1v) is 12.7. The number of anilines is 1.